The van der Waals surface area contributed by atoms with Crippen molar-refractivity contribution in [2.24, 2.45) is 0 Å². The van der Waals surface area contributed by atoms with E-state index in [1.54, 1.807) is 6.92 Å². The number of nitrogens with zero attached hydrogens (tertiary/aromatic N) is 4. The summed E-state index contributed by atoms with van der Waals surface area (Å²) >= 11 is 0. The number of fused-ring (bicyclic) bond motifs is 1. The van der Waals surface area contributed by atoms with Gasteiger partial charge in [-0.3, -0.25) is 19.3 Å². The standard InChI is InChI=1S/C24H34N4O3/c1-19(29)28-12-9-20-7-3-4-8-21(20)22(28)17-23(30)27-15-13-25(14-16-27)18-24(31)26-10-5-2-6-11-26/h3-4,7-8,22H,2,5-6,9-18H2,1H3. The average molecular weight is 427 g/mol. The molecule has 2 saturated heterocycles. The number of amides is 3. The highest BCUT2D eigenvalue weighted by molar-refractivity contribution is 5.80. The van der Waals surface area contributed by atoms with Gasteiger partial charge >= 0.3 is 0 Å². The Morgan fingerprint density at radius 1 is 0.839 bits per heavy atom. The van der Waals surface area contributed by atoms with Gasteiger partial charge in [-0.1, -0.05) is 24.3 Å². The molecule has 1 aromatic carbocycles. The van der Waals surface area contributed by atoms with E-state index in [4.69, 9.17) is 0 Å². The topological polar surface area (TPSA) is 64.2 Å². The molecule has 7 nitrogen and oxygen atoms in total. The van der Waals surface area contributed by atoms with Gasteiger partial charge in [0.2, 0.25) is 17.7 Å². The first kappa shape index (κ1) is 21.8. The zero-order chi connectivity index (χ0) is 21.8. The molecule has 168 valence electrons. The molecule has 7 heteroatoms. The zero-order valence-electron chi connectivity index (χ0n) is 18.6. The predicted octanol–water partition coefficient (Wildman–Crippen LogP) is 1.68. The molecule has 1 atom stereocenters. The maximum atomic E-state index is 13.1. The zero-order valence-corrected chi connectivity index (χ0v) is 18.6. The van der Waals surface area contributed by atoms with E-state index in [1.165, 1.54) is 12.0 Å². The molecule has 0 bridgehead atoms. The second-order valence-electron chi connectivity index (χ2n) is 8.98. The number of piperidine rings is 1. The summed E-state index contributed by atoms with van der Waals surface area (Å²) < 4.78 is 0. The van der Waals surface area contributed by atoms with Crippen molar-refractivity contribution < 1.29 is 14.4 Å². The number of carbonyl (C=O) groups excluding carboxylic acids is 3. The van der Waals surface area contributed by atoms with Crippen LogP contribution < -0.4 is 0 Å². The summed E-state index contributed by atoms with van der Waals surface area (Å²) in [6, 6.07) is 7.96. The van der Waals surface area contributed by atoms with Gasteiger partial charge in [-0.2, -0.15) is 0 Å². The molecule has 0 spiro atoms. The molecule has 1 aromatic rings. The molecule has 0 aliphatic carbocycles. The third kappa shape index (κ3) is 5.09. The number of hydrogen-bond acceptors (Lipinski definition) is 4. The smallest absolute Gasteiger partial charge is 0.236 e. The highest BCUT2D eigenvalue weighted by Crippen LogP contribution is 2.32. The molecule has 0 aromatic heterocycles. The molecule has 3 amide bonds. The van der Waals surface area contributed by atoms with E-state index in [1.807, 2.05) is 32.9 Å². The Hall–Kier alpha value is -2.41. The van der Waals surface area contributed by atoms with Gasteiger partial charge in [0.25, 0.3) is 0 Å². The fraction of sp³-hybridized carbons (Fsp3) is 0.625. The number of piperazine rings is 1. The summed E-state index contributed by atoms with van der Waals surface area (Å²) in [6.07, 6.45) is 4.59. The van der Waals surface area contributed by atoms with Gasteiger partial charge in [0.1, 0.15) is 0 Å². The number of likely N-dealkylation sites (tertiary alicyclic amines) is 1. The van der Waals surface area contributed by atoms with E-state index < -0.39 is 0 Å². The summed E-state index contributed by atoms with van der Waals surface area (Å²) in [6.45, 7) is 7.20. The lowest BCUT2D eigenvalue weighted by Crippen LogP contribution is -2.52. The molecule has 2 fully saturated rings. The fourth-order valence-electron chi connectivity index (χ4n) is 5.13. The van der Waals surface area contributed by atoms with Crippen LogP contribution >= 0.6 is 0 Å². The van der Waals surface area contributed by atoms with Crippen molar-refractivity contribution in [2.75, 3.05) is 52.4 Å². The molecule has 3 heterocycles. The maximum absolute atomic E-state index is 13.1. The van der Waals surface area contributed by atoms with Crippen LogP contribution in [0.5, 0.6) is 0 Å². The molecule has 1 unspecified atom stereocenters. The molecule has 4 rings (SSSR count). The fourth-order valence-corrected chi connectivity index (χ4v) is 5.13. The SMILES string of the molecule is CC(=O)N1CCc2ccccc2C1CC(=O)N1CCN(CC(=O)N2CCCCC2)CC1. The molecule has 0 radical (unpaired) electrons. The number of benzene rings is 1. The van der Waals surface area contributed by atoms with Gasteiger partial charge < -0.3 is 14.7 Å². The van der Waals surface area contributed by atoms with Crippen molar-refractivity contribution >= 4 is 17.7 Å². The maximum Gasteiger partial charge on any atom is 0.236 e. The highest BCUT2D eigenvalue weighted by atomic mass is 16.2. The molecule has 3 aliphatic rings. The first-order chi connectivity index (χ1) is 15.0. The summed E-state index contributed by atoms with van der Waals surface area (Å²) in [4.78, 5) is 45.7. The third-order valence-electron chi connectivity index (χ3n) is 6.98. The normalized spacial score (nSPS) is 22.2. The summed E-state index contributed by atoms with van der Waals surface area (Å²) in [5, 5.41) is 0. The van der Waals surface area contributed by atoms with Gasteiger partial charge in [0.05, 0.1) is 19.0 Å². The molecule has 3 aliphatic heterocycles. The predicted molar refractivity (Wildman–Crippen MR) is 118 cm³/mol. The Labute approximate surface area is 185 Å². The Kier molecular flexibility index (Phi) is 6.90. The van der Waals surface area contributed by atoms with Gasteiger partial charge in [-0.25, -0.2) is 0 Å². The van der Waals surface area contributed by atoms with E-state index in [2.05, 4.69) is 11.0 Å². The van der Waals surface area contributed by atoms with Crippen LogP contribution in [-0.4, -0.2) is 89.7 Å². The molecular formula is C24H34N4O3. The van der Waals surface area contributed by atoms with Crippen LogP contribution in [0.15, 0.2) is 24.3 Å². The molecule has 31 heavy (non-hydrogen) atoms. The average Bonchev–Trinajstić information content (AvgIpc) is 2.80. The van der Waals surface area contributed by atoms with Crippen LogP contribution in [0.4, 0.5) is 0 Å². The van der Waals surface area contributed by atoms with Gasteiger partial charge in [0, 0.05) is 52.7 Å². The van der Waals surface area contributed by atoms with E-state index in [0.29, 0.717) is 32.6 Å². The van der Waals surface area contributed by atoms with Crippen LogP contribution in [-0.2, 0) is 20.8 Å². The van der Waals surface area contributed by atoms with Crippen LogP contribution in [0.1, 0.15) is 49.8 Å². The van der Waals surface area contributed by atoms with Crippen molar-refractivity contribution in [3.63, 3.8) is 0 Å². The van der Waals surface area contributed by atoms with E-state index in [-0.39, 0.29) is 23.8 Å². The number of rotatable bonds is 4. The Morgan fingerprint density at radius 2 is 1.52 bits per heavy atom. The van der Waals surface area contributed by atoms with Crippen molar-refractivity contribution in [1.29, 1.82) is 0 Å². The van der Waals surface area contributed by atoms with Crippen molar-refractivity contribution in [1.82, 2.24) is 19.6 Å². The summed E-state index contributed by atoms with van der Waals surface area (Å²) in [5.41, 5.74) is 2.34. The van der Waals surface area contributed by atoms with E-state index in [0.717, 1.165) is 51.0 Å². The minimum absolute atomic E-state index is 0.0216. The van der Waals surface area contributed by atoms with E-state index in [9.17, 15) is 14.4 Å². The first-order valence-corrected chi connectivity index (χ1v) is 11.7. The lowest BCUT2D eigenvalue weighted by Gasteiger charge is -2.39. The number of carbonyl (C=O) groups is 3. The first-order valence-electron chi connectivity index (χ1n) is 11.7. The minimum Gasteiger partial charge on any atom is -0.342 e. The van der Waals surface area contributed by atoms with Gasteiger partial charge in [0.15, 0.2) is 0 Å². The highest BCUT2D eigenvalue weighted by Gasteiger charge is 2.33. The van der Waals surface area contributed by atoms with E-state index >= 15 is 0 Å². The van der Waals surface area contributed by atoms with Crippen LogP contribution in [0.25, 0.3) is 0 Å². The lowest BCUT2D eigenvalue weighted by molar-refractivity contribution is -0.138. The lowest BCUT2D eigenvalue weighted by atomic mass is 9.90. The van der Waals surface area contributed by atoms with Crippen LogP contribution in [0, 0.1) is 0 Å². The number of hydrogen-bond donors (Lipinski definition) is 0. The van der Waals surface area contributed by atoms with Crippen LogP contribution in [0.2, 0.25) is 0 Å². The van der Waals surface area contributed by atoms with Crippen molar-refractivity contribution in [3.8, 4) is 0 Å². The largest absolute Gasteiger partial charge is 0.342 e. The second kappa shape index (κ2) is 9.81. The monoisotopic (exact) mass is 426 g/mol. The van der Waals surface area contributed by atoms with Crippen molar-refractivity contribution in [2.45, 2.75) is 45.1 Å². The molecular weight excluding hydrogens is 392 g/mol. The van der Waals surface area contributed by atoms with Crippen LogP contribution in [0.3, 0.4) is 0 Å². The van der Waals surface area contributed by atoms with Crippen molar-refractivity contribution in [3.05, 3.63) is 35.4 Å². The Balaban J connectivity index is 1.32. The molecule has 0 N–H and O–H groups in total. The minimum atomic E-state index is -0.186. The summed E-state index contributed by atoms with van der Waals surface area (Å²) in [5.74, 6) is 0.332. The van der Waals surface area contributed by atoms with Gasteiger partial charge in [-0.05, 0) is 36.8 Å². The Bertz CT molecular complexity index is 813. The second-order valence-corrected chi connectivity index (χ2v) is 8.98. The Morgan fingerprint density at radius 3 is 2.23 bits per heavy atom. The summed E-state index contributed by atoms with van der Waals surface area (Å²) in [7, 11) is 0. The third-order valence-corrected chi connectivity index (χ3v) is 6.98. The van der Waals surface area contributed by atoms with Gasteiger partial charge in [-0.15, -0.1) is 0 Å². The molecule has 0 saturated carbocycles. The quantitative estimate of drug-likeness (QED) is 0.735.